The van der Waals surface area contributed by atoms with Crippen LogP contribution in [0.15, 0.2) is 17.7 Å². The molecule has 2 nitrogen and oxygen atoms in total. The van der Waals surface area contributed by atoms with Crippen LogP contribution < -0.4 is 0 Å². The van der Waals surface area contributed by atoms with E-state index in [0.29, 0.717) is 20.9 Å². The second-order valence-corrected chi connectivity index (χ2v) is 9.09. The van der Waals surface area contributed by atoms with Gasteiger partial charge in [0.25, 0.3) is 0 Å². The van der Waals surface area contributed by atoms with E-state index in [1.165, 1.54) is 16.7 Å². The van der Waals surface area contributed by atoms with Crippen molar-refractivity contribution in [2.24, 2.45) is 0 Å². The van der Waals surface area contributed by atoms with E-state index >= 15 is 0 Å². The van der Waals surface area contributed by atoms with Crippen molar-refractivity contribution in [3.8, 4) is 5.75 Å². The molecule has 0 saturated heterocycles. The number of rotatable bonds is 6. The monoisotopic (exact) mass is 425 g/mol. The topological polar surface area (TPSA) is 36.0 Å². The number of aryl methyl sites for hydroxylation is 1. The minimum atomic E-state index is 0.277. The summed E-state index contributed by atoms with van der Waals surface area (Å²) >= 11 is 18.7. The number of hydrogen-bond acceptors (Lipinski definition) is 1. The van der Waals surface area contributed by atoms with Crippen LogP contribution in [0.4, 0.5) is 0 Å². The molecule has 0 bridgehead atoms. The molecule has 5 heteroatoms. The molecule has 27 heavy (non-hydrogen) atoms. The van der Waals surface area contributed by atoms with E-state index in [1.54, 1.807) is 0 Å². The highest BCUT2D eigenvalue weighted by Crippen LogP contribution is 2.44. The lowest BCUT2D eigenvalue weighted by Crippen LogP contribution is -2.00. The average molecular weight is 427 g/mol. The quantitative estimate of drug-likeness (QED) is 0.480. The molecule has 0 atom stereocenters. The Balaban J connectivity index is 1.91. The molecule has 1 heterocycles. The predicted molar refractivity (Wildman–Crippen MR) is 117 cm³/mol. The standard InChI is InChI=1S/C22H26Cl3NO/c1-11(2)16-9-13(10-17(12(3)4)21(16)27)5-8-15(14-6-7-14)20-18(23)19(24)22(25)26-20/h9-12,26-27H,5-8H2,1-4H3. The first-order valence-corrected chi connectivity index (χ1v) is 10.6. The van der Waals surface area contributed by atoms with Crippen LogP contribution in [0.1, 0.15) is 81.2 Å². The molecule has 1 aromatic heterocycles. The third kappa shape index (κ3) is 4.34. The van der Waals surface area contributed by atoms with Crippen LogP contribution in [0, 0.1) is 0 Å². The first kappa shape index (κ1) is 20.6. The lowest BCUT2D eigenvalue weighted by atomic mass is 9.89. The van der Waals surface area contributed by atoms with Crippen LogP contribution in [0.25, 0.3) is 5.57 Å². The van der Waals surface area contributed by atoms with Crippen LogP contribution in [-0.2, 0) is 6.42 Å². The first-order valence-electron chi connectivity index (χ1n) is 9.50. The molecule has 3 rings (SSSR count). The molecule has 0 amide bonds. The molecule has 0 unspecified atom stereocenters. The zero-order chi connectivity index (χ0) is 19.9. The van der Waals surface area contributed by atoms with Gasteiger partial charge in [-0.3, -0.25) is 0 Å². The van der Waals surface area contributed by atoms with Crippen LogP contribution in [0.2, 0.25) is 15.2 Å². The van der Waals surface area contributed by atoms with Gasteiger partial charge in [0.15, 0.2) is 0 Å². The van der Waals surface area contributed by atoms with Crippen LogP contribution in [0.5, 0.6) is 5.75 Å². The number of aromatic amines is 1. The minimum Gasteiger partial charge on any atom is -0.507 e. The van der Waals surface area contributed by atoms with Crippen molar-refractivity contribution >= 4 is 40.4 Å². The SMILES string of the molecule is CC(C)c1cc(CCC(=C2CC2)c2[nH]c(Cl)c(Cl)c2Cl)cc(C(C)C)c1O. The van der Waals surface area contributed by atoms with E-state index in [2.05, 4.69) is 44.8 Å². The highest BCUT2D eigenvalue weighted by molar-refractivity contribution is 6.48. The van der Waals surface area contributed by atoms with Crippen LogP contribution in [-0.4, -0.2) is 10.1 Å². The largest absolute Gasteiger partial charge is 0.507 e. The molecular formula is C22H26Cl3NO. The van der Waals surface area contributed by atoms with Gasteiger partial charge >= 0.3 is 0 Å². The van der Waals surface area contributed by atoms with Crippen molar-refractivity contribution in [3.05, 3.63) is 55.3 Å². The summed E-state index contributed by atoms with van der Waals surface area (Å²) in [6, 6.07) is 4.27. The minimum absolute atomic E-state index is 0.277. The Hall–Kier alpha value is -1.09. The van der Waals surface area contributed by atoms with Crippen LogP contribution >= 0.6 is 34.8 Å². The zero-order valence-corrected chi connectivity index (χ0v) is 18.5. The predicted octanol–water partition coefficient (Wildman–Crippen LogP) is 8.11. The van der Waals surface area contributed by atoms with Crippen molar-refractivity contribution in [2.45, 2.75) is 65.2 Å². The van der Waals surface area contributed by atoms with Crippen molar-refractivity contribution in [1.29, 1.82) is 0 Å². The van der Waals surface area contributed by atoms with E-state index in [4.69, 9.17) is 34.8 Å². The number of H-pyrrole nitrogens is 1. The Kier molecular flexibility index (Phi) is 6.20. The third-order valence-electron chi connectivity index (χ3n) is 5.20. The Morgan fingerprint density at radius 3 is 1.96 bits per heavy atom. The number of phenols is 1. The van der Waals surface area contributed by atoms with Gasteiger partial charge in [-0.25, -0.2) is 0 Å². The molecule has 1 aromatic carbocycles. The van der Waals surface area contributed by atoms with Gasteiger partial charge in [-0.05, 0) is 59.8 Å². The maximum absolute atomic E-state index is 10.6. The molecular weight excluding hydrogens is 401 g/mol. The van der Waals surface area contributed by atoms with Crippen molar-refractivity contribution in [2.75, 3.05) is 0 Å². The first-order chi connectivity index (χ1) is 12.7. The van der Waals surface area contributed by atoms with Gasteiger partial charge in [0.05, 0.1) is 15.7 Å². The fraction of sp³-hybridized carbons (Fsp3) is 0.455. The number of aromatic hydroxyl groups is 1. The second kappa shape index (κ2) is 8.11. The van der Waals surface area contributed by atoms with Gasteiger partial charge in [0, 0.05) is 0 Å². The Morgan fingerprint density at radius 1 is 1.00 bits per heavy atom. The molecule has 1 aliphatic rings. The fourth-order valence-corrected chi connectivity index (χ4v) is 4.15. The summed E-state index contributed by atoms with van der Waals surface area (Å²) in [5, 5.41) is 11.9. The molecule has 146 valence electrons. The number of hydrogen-bond donors (Lipinski definition) is 2. The van der Waals surface area contributed by atoms with Gasteiger partial charge in [-0.15, -0.1) is 0 Å². The zero-order valence-electron chi connectivity index (χ0n) is 16.2. The van der Waals surface area contributed by atoms with Gasteiger partial charge in [-0.1, -0.05) is 80.2 Å². The third-order valence-corrected chi connectivity index (χ3v) is 6.44. The Bertz CT molecular complexity index is 858. The number of allylic oxidation sites excluding steroid dienone is 2. The maximum Gasteiger partial charge on any atom is 0.127 e. The average Bonchev–Trinajstić information content (AvgIpc) is 3.41. The molecule has 2 aromatic rings. The number of phenolic OH excluding ortho intramolecular Hbond substituents is 1. The van der Waals surface area contributed by atoms with Gasteiger partial charge in [-0.2, -0.15) is 0 Å². The highest BCUT2D eigenvalue weighted by Gasteiger charge is 2.24. The van der Waals surface area contributed by atoms with E-state index in [0.717, 1.165) is 42.5 Å². The number of benzene rings is 1. The molecule has 0 spiro atoms. The van der Waals surface area contributed by atoms with Crippen molar-refractivity contribution in [3.63, 3.8) is 0 Å². The van der Waals surface area contributed by atoms with Crippen molar-refractivity contribution in [1.82, 2.24) is 4.98 Å². The molecule has 2 N–H and O–H groups in total. The van der Waals surface area contributed by atoms with Crippen molar-refractivity contribution < 1.29 is 5.11 Å². The van der Waals surface area contributed by atoms with E-state index in [-0.39, 0.29) is 11.8 Å². The molecule has 1 saturated carbocycles. The molecule has 0 radical (unpaired) electrons. The number of nitrogens with one attached hydrogen (secondary N) is 1. The van der Waals surface area contributed by atoms with Gasteiger partial charge in [0.2, 0.25) is 0 Å². The smallest absolute Gasteiger partial charge is 0.127 e. The fourth-order valence-electron chi connectivity index (χ4n) is 3.51. The van der Waals surface area contributed by atoms with E-state index in [9.17, 15) is 5.11 Å². The van der Waals surface area contributed by atoms with E-state index < -0.39 is 0 Å². The Morgan fingerprint density at radius 2 is 1.56 bits per heavy atom. The lowest BCUT2D eigenvalue weighted by molar-refractivity contribution is 0.454. The highest BCUT2D eigenvalue weighted by atomic mass is 35.5. The van der Waals surface area contributed by atoms with E-state index in [1.807, 2.05) is 0 Å². The molecule has 1 aliphatic carbocycles. The number of halogens is 3. The summed E-state index contributed by atoms with van der Waals surface area (Å²) < 4.78 is 0. The Labute approximate surface area is 176 Å². The summed E-state index contributed by atoms with van der Waals surface area (Å²) in [4.78, 5) is 3.14. The second-order valence-electron chi connectivity index (χ2n) is 7.96. The summed E-state index contributed by atoms with van der Waals surface area (Å²) in [7, 11) is 0. The summed E-state index contributed by atoms with van der Waals surface area (Å²) in [5.74, 6) is 0.994. The normalized spacial score (nSPS) is 13.7. The summed E-state index contributed by atoms with van der Waals surface area (Å²) in [5.41, 5.74) is 6.75. The van der Waals surface area contributed by atoms with Gasteiger partial charge in [0.1, 0.15) is 10.9 Å². The lowest BCUT2D eigenvalue weighted by Gasteiger charge is -2.18. The molecule has 1 fully saturated rings. The molecule has 0 aliphatic heterocycles. The van der Waals surface area contributed by atoms with Crippen LogP contribution in [0.3, 0.4) is 0 Å². The summed E-state index contributed by atoms with van der Waals surface area (Å²) in [6.07, 6.45) is 3.94. The summed E-state index contributed by atoms with van der Waals surface area (Å²) in [6.45, 7) is 8.46. The number of aromatic nitrogens is 1. The maximum atomic E-state index is 10.6. The van der Waals surface area contributed by atoms with Gasteiger partial charge < -0.3 is 10.1 Å².